The number of aliphatic hydroxyl groups excluding tert-OH is 4. The fourth-order valence-electron chi connectivity index (χ4n) is 9.40. The summed E-state index contributed by atoms with van der Waals surface area (Å²) in [5, 5.41) is 44.0. The Hall–Kier alpha value is -0.950. The van der Waals surface area contributed by atoms with Crippen molar-refractivity contribution in [3.63, 3.8) is 0 Å². The van der Waals surface area contributed by atoms with Gasteiger partial charge in [0.2, 0.25) is 5.91 Å². The number of hydrogen-bond donors (Lipinski definition) is 5. The Morgan fingerprint density at radius 2 is 0.625 bits per heavy atom. The van der Waals surface area contributed by atoms with Gasteiger partial charge in [-0.15, -0.1) is 0 Å². The SMILES string of the molecule is CCCCCCCCCC/C=C\CCCCCCCCC(O)C(=O)NC(CO)C(O)C(O)CCCCCCCCCCCCCCCCCCCCCCCCCCCCCCCC. The molecule has 0 aliphatic carbocycles. The monoisotopic (exact) mass is 906 g/mol. The molecular weight excluding hydrogens is 791 g/mol. The average Bonchev–Trinajstić information content (AvgIpc) is 3.30. The summed E-state index contributed by atoms with van der Waals surface area (Å²) in [5.74, 6) is -0.583. The van der Waals surface area contributed by atoms with Gasteiger partial charge in [0, 0.05) is 0 Å². The second kappa shape index (κ2) is 53.0. The highest BCUT2D eigenvalue weighted by atomic mass is 16.3. The van der Waals surface area contributed by atoms with E-state index in [0.717, 1.165) is 44.9 Å². The number of nitrogens with one attached hydrogen (secondary N) is 1. The summed E-state index contributed by atoms with van der Waals surface area (Å²) >= 11 is 0. The highest BCUT2D eigenvalue weighted by molar-refractivity contribution is 5.80. The third-order valence-corrected chi connectivity index (χ3v) is 14.0. The molecule has 64 heavy (non-hydrogen) atoms. The molecule has 0 saturated carbocycles. The van der Waals surface area contributed by atoms with Crippen LogP contribution in [0.25, 0.3) is 0 Å². The number of amides is 1. The number of allylic oxidation sites excluding steroid dienone is 2. The van der Waals surface area contributed by atoms with Crippen LogP contribution in [0.4, 0.5) is 0 Å². The van der Waals surface area contributed by atoms with E-state index in [0.29, 0.717) is 12.8 Å². The number of carbonyl (C=O) groups is 1. The Morgan fingerprint density at radius 3 is 0.906 bits per heavy atom. The molecular formula is C58H115NO5. The fourth-order valence-corrected chi connectivity index (χ4v) is 9.40. The van der Waals surface area contributed by atoms with Crippen molar-refractivity contribution in [2.75, 3.05) is 6.61 Å². The smallest absolute Gasteiger partial charge is 0.249 e. The van der Waals surface area contributed by atoms with Crippen molar-refractivity contribution in [2.45, 2.75) is 346 Å². The summed E-state index contributed by atoms with van der Waals surface area (Å²) in [6.07, 6.45) is 62.9. The predicted octanol–water partition coefficient (Wildman–Crippen LogP) is 16.9. The Bertz CT molecular complexity index is 928. The van der Waals surface area contributed by atoms with E-state index in [-0.39, 0.29) is 0 Å². The minimum atomic E-state index is -1.26. The van der Waals surface area contributed by atoms with Crippen LogP contribution in [0.5, 0.6) is 0 Å². The molecule has 5 N–H and O–H groups in total. The molecule has 0 aromatic rings. The van der Waals surface area contributed by atoms with Gasteiger partial charge >= 0.3 is 0 Å². The summed E-state index contributed by atoms with van der Waals surface area (Å²) in [6.45, 7) is 4.09. The maximum Gasteiger partial charge on any atom is 0.249 e. The minimum absolute atomic E-state index is 0.365. The van der Waals surface area contributed by atoms with Gasteiger partial charge in [-0.1, -0.05) is 296 Å². The number of unbranched alkanes of at least 4 members (excludes halogenated alkanes) is 43. The first-order chi connectivity index (χ1) is 31.5. The molecule has 0 fully saturated rings. The van der Waals surface area contributed by atoms with Crippen LogP contribution in [0.2, 0.25) is 0 Å². The van der Waals surface area contributed by atoms with Crippen LogP contribution in [-0.2, 0) is 4.79 Å². The standard InChI is InChI=1S/C58H115NO5/c1-3-5-7-9-11-13-15-17-19-21-23-24-25-26-27-28-29-30-31-32-33-34-36-37-39-41-43-45-47-49-51-55(61)57(63)54(53-60)59-58(64)56(62)52-50-48-46-44-42-40-38-35-22-20-18-16-14-12-10-8-6-4-2/h22,35,54-57,60-63H,3-21,23-34,36-53H2,1-2H3,(H,59,64)/b35-22-. The molecule has 0 heterocycles. The Balaban J connectivity index is 3.57. The van der Waals surface area contributed by atoms with Gasteiger partial charge < -0.3 is 25.7 Å². The lowest BCUT2D eigenvalue weighted by atomic mass is 9.99. The van der Waals surface area contributed by atoms with Crippen LogP contribution in [-0.4, -0.2) is 57.3 Å². The zero-order valence-corrected chi connectivity index (χ0v) is 43.3. The maximum atomic E-state index is 12.6. The van der Waals surface area contributed by atoms with E-state index >= 15 is 0 Å². The van der Waals surface area contributed by atoms with Crippen molar-refractivity contribution in [2.24, 2.45) is 0 Å². The molecule has 0 aliphatic heterocycles. The normalized spacial score (nSPS) is 13.8. The zero-order valence-electron chi connectivity index (χ0n) is 43.3. The largest absolute Gasteiger partial charge is 0.394 e. The number of carbonyl (C=O) groups excluding carboxylic acids is 1. The second-order valence-corrected chi connectivity index (χ2v) is 20.3. The van der Waals surface area contributed by atoms with Gasteiger partial charge in [-0.05, 0) is 38.5 Å². The third kappa shape index (κ3) is 46.2. The molecule has 6 nitrogen and oxygen atoms in total. The molecule has 0 aromatic carbocycles. The topological polar surface area (TPSA) is 110 Å². The summed E-state index contributed by atoms with van der Waals surface area (Å²) in [5.41, 5.74) is 0. The van der Waals surface area contributed by atoms with E-state index < -0.39 is 36.9 Å². The van der Waals surface area contributed by atoms with Gasteiger partial charge in [-0.25, -0.2) is 0 Å². The zero-order chi connectivity index (χ0) is 46.7. The van der Waals surface area contributed by atoms with Gasteiger partial charge in [0.15, 0.2) is 0 Å². The quantitative estimate of drug-likeness (QED) is 0.0308. The van der Waals surface area contributed by atoms with Crippen LogP contribution in [0.3, 0.4) is 0 Å². The van der Waals surface area contributed by atoms with Crippen LogP contribution < -0.4 is 5.32 Å². The van der Waals surface area contributed by atoms with Crippen LogP contribution in [0.15, 0.2) is 12.2 Å². The summed E-state index contributed by atoms with van der Waals surface area (Å²) < 4.78 is 0. The average molecular weight is 907 g/mol. The first-order valence-electron chi connectivity index (χ1n) is 29.1. The van der Waals surface area contributed by atoms with Gasteiger partial charge in [-0.2, -0.15) is 0 Å². The van der Waals surface area contributed by atoms with Crippen LogP contribution in [0.1, 0.15) is 322 Å². The molecule has 0 radical (unpaired) electrons. The number of hydrogen-bond acceptors (Lipinski definition) is 5. The Morgan fingerprint density at radius 1 is 0.375 bits per heavy atom. The van der Waals surface area contributed by atoms with Crippen LogP contribution >= 0.6 is 0 Å². The van der Waals surface area contributed by atoms with Crippen molar-refractivity contribution in [1.29, 1.82) is 0 Å². The Kier molecular flexibility index (Phi) is 52.2. The lowest BCUT2D eigenvalue weighted by Crippen LogP contribution is -2.53. The number of rotatable bonds is 54. The lowest BCUT2D eigenvalue weighted by molar-refractivity contribution is -0.132. The predicted molar refractivity (Wildman–Crippen MR) is 279 cm³/mol. The Labute approximate surface area is 400 Å². The molecule has 1 amide bonds. The molecule has 0 aliphatic rings. The van der Waals surface area contributed by atoms with Crippen molar-refractivity contribution in [3.8, 4) is 0 Å². The van der Waals surface area contributed by atoms with Crippen molar-refractivity contribution >= 4 is 5.91 Å². The third-order valence-electron chi connectivity index (χ3n) is 14.0. The molecule has 6 heteroatoms. The molecule has 0 aromatic heterocycles. The van der Waals surface area contributed by atoms with E-state index in [2.05, 4.69) is 31.3 Å². The second-order valence-electron chi connectivity index (χ2n) is 20.3. The van der Waals surface area contributed by atoms with E-state index in [1.807, 2.05) is 0 Å². The lowest BCUT2D eigenvalue weighted by Gasteiger charge is -2.27. The van der Waals surface area contributed by atoms with E-state index in [1.54, 1.807) is 0 Å². The van der Waals surface area contributed by atoms with Crippen molar-refractivity contribution in [3.05, 3.63) is 12.2 Å². The summed E-state index contributed by atoms with van der Waals surface area (Å²) in [4.78, 5) is 12.6. The van der Waals surface area contributed by atoms with E-state index in [9.17, 15) is 25.2 Å². The van der Waals surface area contributed by atoms with Gasteiger partial charge in [0.1, 0.15) is 12.2 Å². The summed E-state index contributed by atoms with van der Waals surface area (Å²) in [7, 11) is 0. The van der Waals surface area contributed by atoms with Crippen molar-refractivity contribution < 1.29 is 25.2 Å². The van der Waals surface area contributed by atoms with Gasteiger partial charge in [-0.3, -0.25) is 4.79 Å². The fraction of sp³-hybridized carbons (Fsp3) is 0.948. The molecule has 0 spiro atoms. The maximum absolute atomic E-state index is 12.6. The van der Waals surface area contributed by atoms with Crippen molar-refractivity contribution in [1.82, 2.24) is 5.32 Å². The molecule has 0 bridgehead atoms. The highest BCUT2D eigenvalue weighted by Crippen LogP contribution is 2.18. The molecule has 382 valence electrons. The van der Waals surface area contributed by atoms with E-state index in [1.165, 1.54) is 250 Å². The summed E-state index contributed by atoms with van der Waals surface area (Å²) in [6, 6.07) is -0.986. The molecule has 4 unspecified atom stereocenters. The number of aliphatic hydroxyl groups is 4. The van der Waals surface area contributed by atoms with Gasteiger partial charge in [0.05, 0.1) is 18.8 Å². The van der Waals surface area contributed by atoms with Crippen LogP contribution in [0, 0.1) is 0 Å². The highest BCUT2D eigenvalue weighted by Gasteiger charge is 2.28. The molecule has 0 rings (SSSR count). The van der Waals surface area contributed by atoms with E-state index in [4.69, 9.17) is 0 Å². The first-order valence-corrected chi connectivity index (χ1v) is 29.1. The molecule has 0 saturated heterocycles. The molecule has 4 atom stereocenters. The minimum Gasteiger partial charge on any atom is -0.394 e. The van der Waals surface area contributed by atoms with Gasteiger partial charge in [0.25, 0.3) is 0 Å². The first kappa shape index (κ1) is 63.0.